The first-order chi connectivity index (χ1) is 5.11. The minimum atomic E-state index is -0.523. The van der Waals surface area contributed by atoms with Crippen LogP contribution in [-0.4, -0.2) is 11.2 Å². The molecule has 4 heteroatoms. The monoisotopic (exact) mass is 191 g/mol. The summed E-state index contributed by atoms with van der Waals surface area (Å²) < 4.78 is 0.705. The Hall–Kier alpha value is -0.0900. The van der Waals surface area contributed by atoms with Crippen LogP contribution in [0.5, 0.6) is 0 Å². The van der Waals surface area contributed by atoms with E-state index in [1.165, 1.54) is 11.3 Å². The highest BCUT2D eigenvalue weighted by Gasteiger charge is 2.13. The maximum Gasteiger partial charge on any atom is 0.0931 e. The summed E-state index contributed by atoms with van der Waals surface area (Å²) in [6.45, 7) is 1.66. The lowest BCUT2D eigenvalue weighted by atomic mass is 10.2. The number of rotatable bonds is 2. The van der Waals surface area contributed by atoms with Crippen LogP contribution in [0.15, 0.2) is 12.1 Å². The summed E-state index contributed by atoms with van der Waals surface area (Å²) in [4.78, 5) is 0.921. The summed E-state index contributed by atoms with van der Waals surface area (Å²) in [5.74, 6) is 0. The molecule has 1 heterocycles. The van der Waals surface area contributed by atoms with E-state index in [0.717, 1.165) is 4.88 Å². The van der Waals surface area contributed by atoms with E-state index in [-0.39, 0.29) is 6.04 Å². The summed E-state index contributed by atoms with van der Waals surface area (Å²) in [6.07, 6.45) is -0.523. The molecule has 0 aliphatic heterocycles. The number of nitrogens with two attached hydrogens (primary N) is 1. The average molecular weight is 192 g/mol. The normalized spacial score (nSPS) is 16.4. The zero-order chi connectivity index (χ0) is 8.43. The van der Waals surface area contributed by atoms with Crippen molar-refractivity contribution < 1.29 is 5.11 Å². The molecule has 0 aliphatic carbocycles. The van der Waals surface area contributed by atoms with Gasteiger partial charge in [0.1, 0.15) is 0 Å². The lowest BCUT2D eigenvalue weighted by Crippen LogP contribution is -2.21. The van der Waals surface area contributed by atoms with E-state index in [2.05, 4.69) is 0 Å². The predicted octanol–water partition coefficient (Wildman–Crippen LogP) is 1.78. The quantitative estimate of drug-likeness (QED) is 0.749. The van der Waals surface area contributed by atoms with Crippen molar-refractivity contribution >= 4 is 22.9 Å². The molecule has 0 aromatic carbocycles. The van der Waals surface area contributed by atoms with Gasteiger partial charge in [0.15, 0.2) is 0 Å². The Labute approximate surface area is 74.6 Å². The predicted molar refractivity (Wildman–Crippen MR) is 47.9 cm³/mol. The van der Waals surface area contributed by atoms with Gasteiger partial charge in [0, 0.05) is 4.88 Å². The highest BCUT2D eigenvalue weighted by molar-refractivity contribution is 7.16. The van der Waals surface area contributed by atoms with Crippen LogP contribution in [0.2, 0.25) is 4.34 Å². The molecule has 2 atom stereocenters. The molecule has 11 heavy (non-hydrogen) atoms. The minimum absolute atomic E-state index is 0.313. The summed E-state index contributed by atoms with van der Waals surface area (Å²) in [5, 5.41) is 9.12. The molecule has 0 aliphatic rings. The summed E-state index contributed by atoms with van der Waals surface area (Å²) in [5.41, 5.74) is 5.65. The van der Waals surface area contributed by atoms with E-state index in [1.54, 1.807) is 13.0 Å². The number of hydrogen-bond acceptors (Lipinski definition) is 3. The Morgan fingerprint density at radius 1 is 1.64 bits per heavy atom. The maximum atomic E-state index is 9.12. The Morgan fingerprint density at radius 3 is 2.64 bits per heavy atom. The minimum Gasteiger partial charge on any atom is -0.391 e. The van der Waals surface area contributed by atoms with Gasteiger partial charge in [-0.2, -0.15) is 0 Å². The van der Waals surface area contributed by atoms with Crippen molar-refractivity contribution in [1.29, 1.82) is 0 Å². The van der Waals surface area contributed by atoms with E-state index in [1.807, 2.05) is 6.07 Å². The molecule has 1 aromatic heterocycles. The van der Waals surface area contributed by atoms with Gasteiger partial charge < -0.3 is 10.8 Å². The molecule has 0 fully saturated rings. The van der Waals surface area contributed by atoms with Gasteiger partial charge >= 0.3 is 0 Å². The average Bonchev–Trinajstić information content (AvgIpc) is 2.34. The van der Waals surface area contributed by atoms with Crippen molar-refractivity contribution in [2.75, 3.05) is 0 Å². The molecule has 0 radical (unpaired) electrons. The molecule has 0 bridgehead atoms. The number of hydrogen-bond donors (Lipinski definition) is 2. The number of aliphatic hydroxyl groups excluding tert-OH is 1. The van der Waals surface area contributed by atoms with E-state index in [9.17, 15) is 0 Å². The second-order valence-electron chi connectivity index (χ2n) is 2.41. The van der Waals surface area contributed by atoms with Crippen LogP contribution in [0, 0.1) is 0 Å². The summed E-state index contributed by atoms with van der Waals surface area (Å²) >= 11 is 7.10. The third-order valence-electron chi connectivity index (χ3n) is 1.44. The number of aliphatic hydroxyl groups is 1. The van der Waals surface area contributed by atoms with Crippen LogP contribution < -0.4 is 5.73 Å². The Bertz CT molecular complexity index is 236. The van der Waals surface area contributed by atoms with Crippen LogP contribution >= 0.6 is 22.9 Å². The highest BCUT2D eigenvalue weighted by atomic mass is 35.5. The molecule has 0 amide bonds. The van der Waals surface area contributed by atoms with Gasteiger partial charge in [-0.3, -0.25) is 0 Å². The molecule has 1 rings (SSSR count). The zero-order valence-corrected chi connectivity index (χ0v) is 7.69. The first-order valence-electron chi connectivity index (χ1n) is 3.30. The standard InChI is InChI=1S/C7H10ClNOS/c1-4(10)7(9)5-2-3-6(8)11-5/h2-4,7,10H,9H2,1H3/t4-,7-/m0/s1. The van der Waals surface area contributed by atoms with Crippen molar-refractivity contribution in [2.24, 2.45) is 5.73 Å². The second-order valence-corrected chi connectivity index (χ2v) is 4.15. The molecule has 0 saturated carbocycles. The van der Waals surface area contributed by atoms with Gasteiger partial charge in [-0.05, 0) is 19.1 Å². The molecule has 0 unspecified atom stereocenters. The first-order valence-corrected chi connectivity index (χ1v) is 4.49. The Balaban J connectivity index is 2.76. The molecule has 3 N–H and O–H groups in total. The maximum absolute atomic E-state index is 9.12. The lowest BCUT2D eigenvalue weighted by Gasteiger charge is -2.11. The zero-order valence-electron chi connectivity index (χ0n) is 6.12. The van der Waals surface area contributed by atoms with Gasteiger partial charge in [0.2, 0.25) is 0 Å². The van der Waals surface area contributed by atoms with Crippen molar-refractivity contribution in [2.45, 2.75) is 19.1 Å². The highest BCUT2D eigenvalue weighted by Crippen LogP contribution is 2.26. The number of halogens is 1. The van der Waals surface area contributed by atoms with Crippen molar-refractivity contribution in [3.8, 4) is 0 Å². The van der Waals surface area contributed by atoms with Crippen LogP contribution in [-0.2, 0) is 0 Å². The third kappa shape index (κ3) is 2.17. The van der Waals surface area contributed by atoms with Crippen molar-refractivity contribution in [3.05, 3.63) is 21.3 Å². The van der Waals surface area contributed by atoms with Crippen LogP contribution in [0.25, 0.3) is 0 Å². The van der Waals surface area contributed by atoms with E-state index in [0.29, 0.717) is 4.34 Å². The van der Waals surface area contributed by atoms with Gasteiger partial charge in [-0.1, -0.05) is 11.6 Å². The molecule has 0 saturated heterocycles. The molecule has 62 valence electrons. The Kier molecular flexibility index (Phi) is 2.90. The van der Waals surface area contributed by atoms with Gasteiger partial charge in [0.05, 0.1) is 16.5 Å². The number of thiophene rings is 1. The molecular weight excluding hydrogens is 182 g/mol. The molecule has 2 nitrogen and oxygen atoms in total. The Morgan fingerprint density at radius 2 is 2.27 bits per heavy atom. The largest absolute Gasteiger partial charge is 0.391 e. The van der Waals surface area contributed by atoms with Crippen molar-refractivity contribution in [3.63, 3.8) is 0 Å². The van der Waals surface area contributed by atoms with Crippen LogP contribution in [0.4, 0.5) is 0 Å². The van der Waals surface area contributed by atoms with Crippen molar-refractivity contribution in [1.82, 2.24) is 0 Å². The summed E-state index contributed by atoms with van der Waals surface area (Å²) in [7, 11) is 0. The SMILES string of the molecule is C[C@H](O)[C@H](N)c1ccc(Cl)s1. The van der Waals surface area contributed by atoms with Gasteiger partial charge in [-0.25, -0.2) is 0 Å². The van der Waals surface area contributed by atoms with Crippen LogP contribution in [0.3, 0.4) is 0 Å². The molecule has 1 aromatic rings. The van der Waals surface area contributed by atoms with Gasteiger partial charge in [-0.15, -0.1) is 11.3 Å². The summed E-state index contributed by atoms with van der Waals surface area (Å²) in [6, 6.07) is 3.31. The molecule has 0 spiro atoms. The van der Waals surface area contributed by atoms with Gasteiger partial charge in [0.25, 0.3) is 0 Å². The fourth-order valence-corrected chi connectivity index (χ4v) is 1.91. The van der Waals surface area contributed by atoms with Crippen LogP contribution in [0.1, 0.15) is 17.8 Å². The van der Waals surface area contributed by atoms with E-state index >= 15 is 0 Å². The second kappa shape index (κ2) is 3.54. The smallest absolute Gasteiger partial charge is 0.0931 e. The first kappa shape index (κ1) is 9.00. The fourth-order valence-electron chi connectivity index (χ4n) is 0.745. The third-order valence-corrected chi connectivity index (χ3v) is 2.77. The van der Waals surface area contributed by atoms with E-state index in [4.69, 9.17) is 22.4 Å². The lowest BCUT2D eigenvalue weighted by molar-refractivity contribution is 0.165. The van der Waals surface area contributed by atoms with E-state index < -0.39 is 6.10 Å². The topological polar surface area (TPSA) is 46.2 Å². The fraction of sp³-hybridized carbons (Fsp3) is 0.429. The molecular formula is C7H10ClNOS.